The SMILES string of the molecule is CCN(CC)C(=O)Cn1c(N)nc2ccc(C#N)cc21. The van der Waals surface area contributed by atoms with Gasteiger partial charge in [-0.2, -0.15) is 5.26 Å². The third-order valence-electron chi connectivity index (χ3n) is 3.32. The molecule has 20 heavy (non-hydrogen) atoms. The highest BCUT2D eigenvalue weighted by Gasteiger charge is 2.15. The van der Waals surface area contributed by atoms with E-state index in [0.717, 1.165) is 0 Å². The van der Waals surface area contributed by atoms with Gasteiger partial charge in [0.1, 0.15) is 6.54 Å². The third-order valence-corrected chi connectivity index (χ3v) is 3.32. The van der Waals surface area contributed by atoms with Crippen LogP contribution in [0.1, 0.15) is 19.4 Å². The first-order valence-electron chi connectivity index (χ1n) is 6.54. The Morgan fingerprint density at radius 1 is 1.45 bits per heavy atom. The first kappa shape index (κ1) is 13.9. The van der Waals surface area contributed by atoms with Crippen LogP contribution < -0.4 is 5.73 Å². The summed E-state index contributed by atoms with van der Waals surface area (Å²) in [6.07, 6.45) is 0. The fourth-order valence-corrected chi connectivity index (χ4v) is 2.19. The number of hydrogen-bond donors (Lipinski definition) is 1. The fraction of sp³-hybridized carbons (Fsp3) is 0.357. The second-order valence-corrected chi connectivity index (χ2v) is 4.44. The Hall–Kier alpha value is -2.55. The zero-order chi connectivity index (χ0) is 14.7. The molecule has 0 atom stereocenters. The minimum Gasteiger partial charge on any atom is -0.369 e. The minimum atomic E-state index is -0.0108. The Bertz CT molecular complexity index is 679. The lowest BCUT2D eigenvalue weighted by molar-refractivity contribution is -0.131. The van der Waals surface area contributed by atoms with Crippen molar-refractivity contribution < 1.29 is 4.79 Å². The highest BCUT2D eigenvalue weighted by molar-refractivity contribution is 5.83. The zero-order valence-corrected chi connectivity index (χ0v) is 11.6. The van der Waals surface area contributed by atoms with E-state index < -0.39 is 0 Å². The highest BCUT2D eigenvalue weighted by Crippen LogP contribution is 2.19. The second kappa shape index (κ2) is 5.61. The van der Waals surface area contributed by atoms with E-state index in [9.17, 15) is 4.79 Å². The van der Waals surface area contributed by atoms with Gasteiger partial charge in [-0.3, -0.25) is 4.79 Å². The monoisotopic (exact) mass is 271 g/mol. The zero-order valence-electron chi connectivity index (χ0n) is 11.6. The van der Waals surface area contributed by atoms with E-state index in [-0.39, 0.29) is 18.4 Å². The van der Waals surface area contributed by atoms with Crippen molar-refractivity contribution in [1.29, 1.82) is 5.26 Å². The third kappa shape index (κ3) is 2.43. The number of nitrogens with two attached hydrogens (primary N) is 1. The Morgan fingerprint density at radius 2 is 2.15 bits per heavy atom. The van der Waals surface area contributed by atoms with E-state index in [1.165, 1.54) is 0 Å². The van der Waals surface area contributed by atoms with Crippen molar-refractivity contribution in [2.75, 3.05) is 18.8 Å². The molecule has 6 nitrogen and oxygen atoms in total. The summed E-state index contributed by atoms with van der Waals surface area (Å²) in [5, 5.41) is 8.95. The lowest BCUT2D eigenvalue weighted by Gasteiger charge is -2.19. The number of nitrogens with zero attached hydrogens (tertiary/aromatic N) is 4. The number of hydrogen-bond acceptors (Lipinski definition) is 4. The second-order valence-electron chi connectivity index (χ2n) is 4.44. The number of aromatic nitrogens is 2. The summed E-state index contributed by atoms with van der Waals surface area (Å²) in [6, 6.07) is 7.20. The van der Waals surface area contributed by atoms with Crippen LogP contribution >= 0.6 is 0 Å². The maximum Gasteiger partial charge on any atom is 0.242 e. The van der Waals surface area contributed by atoms with Crippen molar-refractivity contribution in [3.63, 3.8) is 0 Å². The van der Waals surface area contributed by atoms with E-state index >= 15 is 0 Å². The van der Waals surface area contributed by atoms with Crippen molar-refractivity contribution in [2.45, 2.75) is 20.4 Å². The smallest absolute Gasteiger partial charge is 0.242 e. The van der Waals surface area contributed by atoms with Gasteiger partial charge in [0.25, 0.3) is 0 Å². The molecule has 0 saturated heterocycles. The molecule has 0 spiro atoms. The van der Waals surface area contributed by atoms with Crippen molar-refractivity contribution in [3.8, 4) is 6.07 Å². The number of likely N-dealkylation sites (N-methyl/N-ethyl adjacent to an activating group) is 1. The number of nitriles is 1. The summed E-state index contributed by atoms with van der Waals surface area (Å²) in [4.78, 5) is 18.1. The van der Waals surface area contributed by atoms with Crippen LogP contribution in [0.5, 0.6) is 0 Å². The molecule has 1 amide bonds. The molecule has 0 aliphatic rings. The van der Waals surface area contributed by atoms with Gasteiger partial charge in [0.2, 0.25) is 11.9 Å². The summed E-state index contributed by atoms with van der Waals surface area (Å²) in [6.45, 7) is 5.32. The van der Waals surface area contributed by atoms with Crippen molar-refractivity contribution in [1.82, 2.24) is 14.5 Å². The topological polar surface area (TPSA) is 87.9 Å². The predicted octanol–water partition coefficient (Wildman–Crippen LogP) is 1.36. The summed E-state index contributed by atoms with van der Waals surface area (Å²) < 4.78 is 1.65. The van der Waals surface area contributed by atoms with Crippen LogP contribution in [0.4, 0.5) is 5.95 Å². The van der Waals surface area contributed by atoms with Gasteiger partial charge in [0.15, 0.2) is 0 Å². The molecule has 2 rings (SSSR count). The Labute approximate surface area is 117 Å². The number of amides is 1. The first-order valence-corrected chi connectivity index (χ1v) is 6.54. The van der Waals surface area contributed by atoms with Crippen LogP contribution in [0.15, 0.2) is 18.2 Å². The van der Waals surface area contributed by atoms with Gasteiger partial charge in [-0.25, -0.2) is 4.98 Å². The molecule has 104 valence electrons. The average molecular weight is 271 g/mol. The number of nitrogen functional groups attached to an aromatic ring is 1. The van der Waals surface area contributed by atoms with Gasteiger partial charge in [-0.05, 0) is 32.0 Å². The molecule has 0 bridgehead atoms. The van der Waals surface area contributed by atoms with Crippen LogP contribution in [0.2, 0.25) is 0 Å². The lowest BCUT2D eigenvalue weighted by atomic mass is 10.2. The van der Waals surface area contributed by atoms with Crippen molar-refractivity contribution >= 4 is 22.9 Å². The van der Waals surface area contributed by atoms with Gasteiger partial charge in [0.05, 0.1) is 22.7 Å². The molecule has 0 saturated carbocycles. The molecule has 2 aromatic rings. The van der Waals surface area contributed by atoms with E-state index in [1.54, 1.807) is 27.7 Å². The van der Waals surface area contributed by atoms with Gasteiger partial charge in [-0.1, -0.05) is 0 Å². The van der Waals surface area contributed by atoms with Crippen LogP contribution in [-0.2, 0) is 11.3 Å². The Morgan fingerprint density at radius 3 is 2.75 bits per heavy atom. The predicted molar refractivity (Wildman–Crippen MR) is 76.8 cm³/mol. The Balaban J connectivity index is 2.41. The molecule has 1 aromatic carbocycles. The van der Waals surface area contributed by atoms with Crippen LogP contribution in [0.25, 0.3) is 11.0 Å². The average Bonchev–Trinajstić information content (AvgIpc) is 2.76. The normalized spacial score (nSPS) is 10.4. The van der Waals surface area contributed by atoms with E-state index in [1.807, 2.05) is 13.8 Å². The standard InChI is InChI=1S/C14H17N5O/c1-3-18(4-2)13(20)9-19-12-7-10(8-15)5-6-11(12)17-14(19)16/h5-7H,3-4,9H2,1-2H3,(H2,16,17). The van der Waals surface area contributed by atoms with Crippen molar-refractivity contribution in [3.05, 3.63) is 23.8 Å². The number of rotatable bonds is 4. The molecular weight excluding hydrogens is 254 g/mol. The quantitative estimate of drug-likeness (QED) is 0.909. The van der Waals surface area contributed by atoms with Gasteiger partial charge < -0.3 is 15.2 Å². The summed E-state index contributed by atoms with van der Waals surface area (Å²) in [5.41, 5.74) is 7.80. The van der Waals surface area contributed by atoms with Crippen LogP contribution in [0.3, 0.4) is 0 Å². The molecule has 0 aliphatic heterocycles. The first-order chi connectivity index (χ1) is 9.60. The summed E-state index contributed by atoms with van der Waals surface area (Å²) in [7, 11) is 0. The Kier molecular flexibility index (Phi) is 3.89. The largest absolute Gasteiger partial charge is 0.369 e. The van der Waals surface area contributed by atoms with Crippen molar-refractivity contribution in [2.24, 2.45) is 0 Å². The molecular formula is C14H17N5O. The maximum absolute atomic E-state index is 12.2. The van der Waals surface area contributed by atoms with Gasteiger partial charge >= 0.3 is 0 Å². The number of carbonyl (C=O) groups is 1. The van der Waals surface area contributed by atoms with E-state index in [4.69, 9.17) is 11.0 Å². The summed E-state index contributed by atoms with van der Waals surface area (Å²) in [5.74, 6) is 0.277. The van der Waals surface area contributed by atoms with Crippen LogP contribution in [-0.4, -0.2) is 33.4 Å². The summed E-state index contributed by atoms with van der Waals surface area (Å²) >= 11 is 0. The highest BCUT2D eigenvalue weighted by atomic mass is 16.2. The molecule has 0 radical (unpaired) electrons. The number of benzene rings is 1. The molecule has 6 heteroatoms. The molecule has 0 aliphatic carbocycles. The number of anilines is 1. The molecule has 1 aromatic heterocycles. The fourth-order valence-electron chi connectivity index (χ4n) is 2.19. The minimum absolute atomic E-state index is 0.0108. The molecule has 1 heterocycles. The van der Waals surface area contributed by atoms with Gasteiger partial charge in [-0.15, -0.1) is 0 Å². The lowest BCUT2D eigenvalue weighted by Crippen LogP contribution is -2.33. The molecule has 0 fully saturated rings. The molecule has 0 unspecified atom stereocenters. The van der Waals surface area contributed by atoms with E-state index in [2.05, 4.69) is 11.1 Å². The number of carbonyl (C=O) groups excluding carboxylic acids is 1. The van der Waals surface area contributed by atoms with E-state index in [0.29, 0.717) is 29.7 Å². The molecule has 2 N–H and O–H groups in total. The maximum atomic E-state index is 12.2. The number of imidazole rings is 1. The number of fused-ring (bicyclic) bond motifs is 1. The van der Waals surface area contributed by atoms with Crippen LogP contribution in [0, 0.1) is 11.3 Å². The van der Waals surface area contributed by atoms with Gasteiger partial charge in [0, 0.05) is 13.1 Å².